The van der Waals surface area contributed by atoms with Crippen molar-refractivity contribution in [3.8, 4) is 0 Å². The van der Waals surface area contributed by atoms with E-state index < -0.39 is 0 Å². The number of nitrogens with zero attached hydrogens (tertiary/aromatic N) is 4. The molecular weight excluding hydrogens is 904 g/mol. The topological polar surface area (TPSA) is 109 Å². The minimum atomic E-state index is 0. The van der Waals surface area contributed by atoms with Gasteiger partial charge in [-0.1, -0.05) is 83.1 Å². The summed E-state index contributed by atoms with van der Waals surface area (Å²) in [5, 5.41) is 36.2. The number of hydrogen-bond acceptors (Lipinski definition) is 12. The number of rotatable bonds is 4. The molecule has 0 aromatic heterocycles. The van der Waals surface area contributed by atoms with Crippen LogP contribution < -0.4 is 42.5 Å². The number of nitrogens with one attached hydrogen (secondary N) is 8. The molecule has 9 rings (SSSR count). The summed E-state index contributed by atoms with van der Waals surface area (Å²) in [5.41, 5.74) is 1.01. The SMILES string of the molecule is CN(C)C1CC(C(C)(C)C)CC2C3NC(NC4NC(NC5NC(NC6NC(N3)C3C6CC(C(C)(C)C)CC3N(C)C)C3C5CC(C(C)(C)C)CC3N(C)C)C3C4CC(C(C)(C)C)CC3N(C)C)C21.[Cu]. The first-order valence-corrected chi connectivity index (χ1v) is 28.2. The maximum absolute atomic E-state index is 4.57. The van der Waals surface area contributed by atoms with Crippen LogP contribution in [-0.4, -0.2) is 149 Å². The summed E-state index contributed by atoms with van der Waals surface area (Å²) >= 11 is 0. The van der Waals surface area contributed by atoms with E-state index in [1.807, 2.05) is 0 Å². The molecule has 5 heterocycles. The molecule has 16 atom stereocenters. The smallest absolute Gasteiger partial charge is 0.0643 e. The van der Waals surface area contributed by atoms with Crippen LogP contribution >= 0.6 is 0 Å². The molecule has 0 aromatic rings. The predicted molar refractivity (Wildman–Crippen MR) is 282 cm³/mol. The summed E-state index contributed by atoms with van der Waals surface area (Å²) in [6, 6.07) is 1.96. The van der Waals surface area contributed by atoms with Gasteiger partial charge in [0, 0.05) is 64.9 Å². The molecule has 9 fully saturated rings. The van der Waals surface area contributed by atoms with Crippen molar-refractivity contribution in [3.05, 3.63) is 0 Å². The zero-order valence-corrected chi connectivity index (χ0v) is 48.5. The minimum Gasteiger partial charge on any atom is -0.306 e. The monoisotopic (exact) mass is 1010 g/mol. The third kappa shape index (κ3) is 10.5. The van der Waals surface area contributed by atoms with E-state index in [1.54, 1.807) is 0 Å². The summed E-state index contributed by atoms with van der Waals surface area (Å²) in [4.78, 5) is 10.4. The maximum atomic E-state index is 4.57. The van der Waals surface area contributed by atoms with Crippen molar-refractivity contribution < 1.29 is 17.1 Å². The van der Waals surface area contributed by atoms with Crippen molar-refractivity contribution in [3.63, 3.8) is 0 Å². The van der Waals surface area contributed by atoms with Crippen LogP contribution in [0.2, 0.25) is 0 Å². The van der Waals surface area contributed by atoms with Crippen LogP contribution in [-0.2, 0) is 17.1 Å². The molecule has 9 aliphatic rings. The van der Waals surface area contributed by atoms with Gasteiger partial charge in [0.25, 0.3) is 0 Å². The van der Waals surface area contributed by atoms with E-state index in [-0.39, 0.29) is 88.1 Å². The molecule has 5 aliphatic heterocycles. The van der Waals surface area contributed by atoms with E-state index >= 15 is 0 Å². The zero-order chi connectivity index (χ0) is 49.5. The molecule has 16 unspecified atom stereocenters. The first kappa shape index (κ1) is 55.3. The summed E-state index contributed by atoms with van der Waals surface area (Å²) in [5.74, 6) is 6.63. The van der Waals surface area contributed by atoms with Gasteiger partial charge in [0.05, 0.1) is 49.3 Å². The van der Waals surface area contributed by atoms with Gasteiger partial charge < -0.3 is 19.6 Å². The fraction of sp³-hybridized carbons (Fsp3) is 1.00. The third-order valence-electron chi connectivity index (χ3n) is 21.8. The molecule has 8 bridgehead atoms. The average molecular weight is 1010 g/mol. The molecule has 12 nitrogen and oxygen atoms in total. The van der Waals surface area contributed by atoms with Gasteiger partial charge >= 0.3 is 0 Å². The summed E-state index contributed by atoms with van der Waals surface area (Å²) in [6.45, 7) is 30.1. The van der Waals surface area contributed by atoms with E-state index in [0.29, 0.717) is 95.2 Å². The zero-order valence-electron chi connectivity index (χ0n) is 47.6. The molecule has 5 saturated heterocycles. The van der Waals surface area contributed by atoms with Crippen molar-refractivity contribution in [2.24, 2.45) is 92.7 Å². The molecular formula is C56H108CuN12. The average Bonchev–Trinajstić information content (AvgIpc) is 3.96. The summed E-state index contributed by atoms with van der Waals surface area (Å²) in [7, 11) is 19.0. The third-order valence-corrected chi connectivity index (χ3v) is 21.8. The molecule has 13 heteroatoms. The van der Waals surface area contributed by atoms with Gasteiger partial charge in [-0.15, -0.1) is 0 Å². The van der Waals surface area contributed by atoms with Crippen LogP contribution in [0.3, 0.4) is 0 Å². The Kier molecular flexibility index (Phi) is 15.9. The normalized spacial score (nSPS) is 48.3. The van der Waals surface area contributed by atoms with Crippen molar-refractivity contribution >= 4 is 0 Å². The second-order valence-electron chi connectivity index (χ2n) is 30.4. The van der Waals surface area contributed by atoms with Crippen LogP contribution in [0.25, 0.3) is 0 Å². The molecule has 0 amide bonds. The Bertz CT molecular complexity index is 1480. The Balaban J connectivity index is 0.00000642. The van der Waals surface area contributed by atoms with Crippen LogP contribution in [0.5, 0.6) is 0 Å². The van der Waals surface area contributed by atoms with Crippen LogP contribution in [0.1, 0.15) is 134 Å². The Labute approximate surface area is 434 Å². The van der Waals surface area contributed by atoms with Gasteiger partial charge in [0.2, 0.25) is 0 Å². The van der Waals surface area contributed by atoms with Gasteiger partial charge in [-0.3, -0.25) is 42.5 Å². The fourth-order valence-corrected chi connectivity index (χ4v) is 17.4. The van der Waals surface area contributed by atoms with Gasteiger partial charge in [-0.25, -0.2) is 0 Å². The predicted octanol–water partition coefficient (Wildman–Crippen LogP) is 5.85. The quantitative estimate of drug-likeness (QED) is 0.162. The Morgan fingerprint density at radius 1 is 0.261 bits per heavy atom. The van der Waals surface area contributed by atoms with Crippen LogP contribution in [0, 0.1) is 92.7 Å². The second kappa shape index (κ2) is 19.9. The van der Waals surface area contributed by atoms with E-state index in [0.717, 1.165) is 0 Å². The second-order valence-corrected chi connectivity index (χ2v) is 30.4. The number of hydrogen-bond donors (Lipinski definition) is 8. The fourth-order valence-electron chi connectivity index (χ4n) is 17.4. The van der Waals surface area contributed by atoms with Gasteiger partial charge in [0.1, 0.15) is 0 Å². The number of fused-ring (bicyclic) bond motifs is 20. The molecule has 1 radical (unpaired) electrons. The molecule has 0 aromatic carbocycles. The molecule has 4 saturated carbocycles. The van der Waals surface area contributed by atoms with Crippen molar-refractivity contribution in [1.82, 2.24) is 62.1 Å². The molecule has 8 N–H and O–H groups in total. The minimum absolute atomic E-state index is 0. The molecule has 0 spiro atoms. The summed E-state index contributed by atoms with van der Waals surface area (Å²) in [6.07, 6.45) is 11.6. The van der Waals surface area contributed by atoms with Gasteiger partial charge in [-0.2, -0.15) is 0 Å². The molecule has 4 aliphatic carbocycles. The van der Waals surface area contributed by atoms with E-state index in [4.69, 9.17) is 0 Å². The van der Waals surface area contributed by atoms with Crippen LogP contribution in [0.15, 0.2) is 0 Å². The van der Waals surface area contributed by atoms with Crippen LogP contribution in [0.4, 0.5) is 0 Å². The van der Waals surface area contributed by atoms with E-state index in [1.165, 1.54) is 51.4 Å². The van der Waals surface area contributed by atoms with Crippen molar-refractivity contribution in [1.29, 1.82) is 0 Å². The largest absolute Gasteiger partial charge is 0.306 e. The standard InChI is InChI=1S/C56H108N12.Cu/c1-53(2,3)29-21-33-41(37(25-29)65(13)14)49-57-45(33)61-50-42-34(22-30(54(4,5)6)26-38(42)66(15)16)47(58-50)63-52-44-36(24-32(56(10,11)12)28-40(44)68(19)20)48(60-52)64-51-43-35(46(59-51)62-49)23-31(55(7,8)9)27-39(43)67(17)18;/h29-52,57-64H,21-28H2,1-20H3;. The Morgan fingerprint density at radius 2 is 0.420 bits per heavy atom. The van der Waals surface area contributed by atoms with E-state index in [2.05, 4.69) is 202 Å². The van der Waals surface area contributed by atoms with Gasteiger partial charge in [0.15, 0.2) is 0 Å². The molecule has 403 valence electrons. The molecule has 69 heavy (non-hydrogen) atoms. The van der Waals surface area contributed by atoms with E-state index in [9.17, 15) is 0 Å². The Hall–Kier alpha value is 0.0395. The summed E-state index contributed by atoms with van der Waals surface area (Å²) < 4.78 is 0. The first-order valence-electron chi connectivity index (χ1n) is 28.2. The van der Waals surface area contributed by atoms with Gasteiger partial charge in [-0.05, 0) is 177 Å². The van der Waals surface area contributed by atoms with Crippen molar-refractivity contribution in [2.45, 2.75) is 208 Å². The first-order chi connectivity index (χ1) is 31.5. The maximum Gasteiger partial charge on any atom is 0.0643 e. The Morgan fingerprint density at radius 3 is 0.551 bits per heavy atom. The van der Waals surface area contributed by atoms with Crippen molar-refractivity contribution in [2.75, 3.05) is 56.4 Å².